The summed E-state index contributed by atoms with van der Waals surface area (Å²) in [6.07, 6.45) is 8.76. The first kappa shape index (κ1) is 39.1. The average molecular weight is 688 g/mol. The second kappa shape index (κ2) is 21.5. The third kappa shape index (κ3) is 14.6. The molecule has 0 spiro atoms. The molecule has 0 radical (unpaired) electrons. The summed E-state index contributed by atoms with van der Waals surface area (Å²) in [5, 5.41) is 0. The molecule has 0 N–H and O–H groups in total. The van der Waals surface area contributed by atoms with Crippen molar-refractivity contribution in [2.24, 2.45) is 0 Å². The van der Waals surface area contributed by atoms with Gasteiger partial charge in [0.1, 0.15) is 0 Å². The van der Waals surface area contributed by atoms with Gasteiger partial charge in [0.05, 0.1) is 0 Å². The highest BCUT2D eigenvalue weighted by Crippen LogP contribution is 2.19. The predicted octanol–water partition coefficient (Wildman–Crippen LogP) is 8.80. The number of nitrogens with zero attached hydrogens (tertiary/aromatic N) is 3. The van der Waals surface area contributed by atoms with Crippen LogP contribution in [0.2, 0.25) is 0 Å². The van der Waals surface area contributed by atoms with Crippen LogP contribution in [-0.2, 0) is 53.3 Å². The molecule has 4 rings (SSSR count). The smallest absolute Gasteiger partial charge is 0.219 e. The van der Waals surface area contributed by atoms with Crippen molar-refractivity contribution in [2.75, 3.05) is 19.6 Å². The highest BCUT2D eigenvalue weighted by atomic mass is 16.2. The SMILES string of the molecule is CC(=O)N(CCCCc1ccccc1)Cc1cc(CN(CCCCc2ccccc2)C(C)=O)cc(CN(CCCCc2ccccc2)C(C)=O)c1. The Labute approximate surface area is 306 Å². The molecular formula is C45H57N3O3. The summed E-state index contributed by atoms with van der Waals surface area (Å²) >= 11 is 0. The van der Waals surface area contributed by atoms with Crippen LogP contribution < -0.4 is 0 Å². The van der Waals surface area contributed by atoms with Crippen molar-refractivity contribution in [1.82, 2.24) is 14.7 Å². The number of rotatable bonds is 21. The predicted molar refractivity (Wildman–Crippen MR) is 208 cm³/mol. The summed E-state index contributed by atoms with van der Waals surface area (Å²) in [7, 11) is 0. The summed E-state index contributed by atoms with van der Waals surface area (Å²) in [6, 6.07) is 37.8. The van der Waals surface area contributed by atoms with Crippen molar-refractivity contribution in [2.45, 2.75) is 98.2 Å². The van der Waals surface area contributed by atoms with Gasteiger partial charge in [-0.1, -0.05) is 109 Å². The van der Waals surface area contributed by atoms with Gasteiger partial charge in [0.2, 0.25) is 17.7 Å². The molecule has 0 aliphatic heterocycles. The van der Waals surface area contributed by atoms with Gasteiger partial charge in [0.25, 0.3) is 0 Å². The van der Waals surface area contributed by atoms with Crippen molar-refractivity contribution < 1.29 is 14.4 Å². The Kier molecular flexibility index (Phi) is 16.5. The molecule has 270 valence electrons. The Bertz CT molecular complexity index is 1420. The molecule has 51 heavy (non-hydrogen) atoms. The van der Waals surface area contributed by atoms with Gasteiger partial charge in [-0.15, -0.1) is 0 Å². The van der Waals surface area contributed by atoms with Crippen LogP contribution in [0.15, 0.2) is 109 Å². The maximum atomic E-state index is 12.8. The summed E-state index contributed by atoms with van der Waals surface area (Å²) in [5.74, 6) is 0.151. The Morgan fingerprint density at radius 1 is 0.373 bits per heavy atom. The highest BCUT2D eigenvalue weighted by Gasteiger charge is 2.16. The Hall–Kier alpha value is -4.71. The molecule has 6 heteroatoms. The number of benzene rings is 4. The zero-order valence-corrected chi connectivity index (χ0v) is 31.1. The Morgan fingerprint density at radius 2 is 0.627 bits per heavy atom. The number of hydrogen-bond acceptors (Lipinski definition) is 3. The first-order valence-corrected chi connectivity index (χ1v) is 18.8. The number of carbonyl (C=O) groups excluding carboxylic acids is 3. The van der Waals surface area contributed by atoms with Gasteiger partial charge in [-0.25, -0.2) is 0 Å². The molecule has 0 aliphatic carbocycles. The van der Waals surface area contributed by atoms with Crippen LogP contribution in [0.4, 0.5) is 0 Å². The number of unbranched alkanes of at least 4 members (excludes halogenated alkanes) is 3. The molecule has 0 aromatic heterocycles. The fourth-order valence-corrected chi connectivity index (χ4v) is 6.65. The molecule has 0 saturated carbocycles. The topological polar surface area (TPSA) is 60.9 Å². The van der Waals surface area contributed by atoms with E-state index in [-0.39, 0.29) is 17.7 Å². The molecule has 6 nitrogen and oxygen atoms in total. The number of aryl methyl sites for hydroxylation is 3. The first-order valence-electron chi connectivity index (χ1n) is 18.8. The molecule has 0 atom stereocenters. The van der Waals surface area contributed by atoms with Gasteiger partial charge in [-0.3, -0.25) is 14.4 Å². The maximum absolute atomic E-state index is 12.8. The van der Waals surface area contributed by atoms with Crippen molar-refractivity contribution in [3.05, 3.63) is 143 Å². The zero-order valence-electron chi connectivity index (χ0n) is 31.1. The summed E-state index contributed by atoms with van der Waals surface area (Å²) in [5.41, 5.74) is 7.03. The van der Waals surface area contributed by atoms with Gasteiger partial charge in [-0.05, 0) is 91.2 Å². The van der Waals surface area contributed by atoms with Crippen molar-refractivity contribution in [3.63, 3.8) is 0 Å². The molecule has 0 heterocycles. The van der Waals surface area contributed by atoms with E-state index in [1.165, 1.54) is 16.7 Å². The van der Waals surface area contributed by atoms with Crippen LogP contribution in [0, 0.1) is 0 Å². The van der Waals surface area contributed by atoms with Crippen LogP contribution >= 0.6 is 0 Å². The van der Waals surface area contributed by atoms with Crippen molar-refractivity contribution in [3.8, 4) is 0 Å². The van der Waals surface area contributed by atoms with Gasteiger partial charge < -0.3 is 14.7 Å². The van der Waals surface area contributed by atoms with Crippen LogP contribution in [0.1, 0.15) is 92.7 Å². The highest BCUT2D eigenvalue weighted by molar-refractivity contribution is 5.74. The van der Waals surface area contributed by atoms with Crippen LogP contribution in [-0.4, -0.2) is 52.1 Å². The molecule has 0 saturated heterocycles. The maximum Gasteiger partial charge on any atom is 0.219 e. The van der Waals surface area contributed by atoms with Gasteiger partial charge in [0.15, 0.2) is 0 Å². The van der Waals surface area contributed by atoms with E-state index >= 15 is 0 Å². The van der Waals surface area contributed by atoms with E-state index < -0.39 is 0 Å². The van der Waals surface area contributed by atoms with Crippen LogP contribution in [0.25, 0.3) is 0 Å². The van der Waals surface area contributed by atoms with E-state index in [1.807, 2.05) is 32.9 Å². The van der Waals surface area contributed by atoms with Crippen LogP contribution in [0.3, 0.4) is 0 Å². The van der Waals surface area contributed by atoms with Crippen molar-refractivity contribution >= 4 is 17.7 Å². The summed E-state index contributed by atoms with van der Waals surface area (Å²) < 4.78 is 0. The third-order valence-corrected chi connectivity index (χ3v) is 9.53. The van der Waals surface area contributed by atoms with E-state index in [4.69, 9.17) is 0 Å². The molecular weight excluding hydrogens is 631 g/mol. The minimum atomic E-state index is 0.0502. The lowest BCUT2D eigenvalue weighted by Gasteiger charge is -2.26. The van der Waals surface area contributed by atoms with Gasteiger partial charge in [-0.2, -0.15) is 0 Å². The molecule has 3 amide bonds. The molecule has 0 fully saturated rings. The number of hydrogen-bond donors (Lipinski definition) is 0. The largest absolute Gasteiger partial charge is 0.339 e. The summed E-state index contributed by atoms with van der Waals surface area (Å²) in [6.45, 7) is 8.46. The van der Waals surface area contributed by atoms with E-state index in [9.17, 15) is 14.4 Å². The molecule has 0 unspecified atom stereocenters. The van der Waals surface area contributed by atoms with E-state index in [0.29, 0.717) is 39.3 Å². The summed E-state index contributed by atoms with van der Waals surface area (Å²) in [4.78, 5) is 44.3. The molecule has 0 bridgehead atoms. The first-order chi connectivity index (χ1) is 24.8. The Balaban J connectivity index is 1.45. The fourth-order valence-electron chi connectivity index (χ4n) is 6.65. The minimum absolute atomic E-state index is 0.0502. The normalized spacial score (nSPS) is 10.9. The average Bonchev–Trinajstić information content (AvgIpc) is 3.13. The monoisotopic (exact) mass is 687 g/mol. The van der Waals surface area contributed by atoms with E-state index in [0.717, 1.165) is 74.5 Å². The van der Waals surface area contributed by atoms with Gasteiger partial charge in [0, 0.05) is 60.0 Å². The third-order valence-electron chi connectivity index (χ3n) is 9.53. The number of amides is 3. The lowest BCUT2D eigenvalue weighted by Crippen LogP contribution is -2.31. The molecule has 0 aliphatic rings. The molecule has 4 aromatic carbocycles. The molecule has 4 aromatic rings. The van der Waals surface area contributed by atoms with Crippen molar-refractivity contribution in [1.29, 1.82) is 0 Å². The number of carbonyl (C=O) groups is 3. The lowest BCUT2D eigenvalue weighted by atomic mass is 10.0. The zero-order chi connectivity index (χ0) is 36.3. The second-order valence-electron chi connectivity index (χ2n) is 13.8. The fraction of sp³-hybridized carbons (Fsp3) is 0.400. The van der Waals surface area contributed by atoms with Crippen LogP contribution in [0.5, 0.6) is 0 Å². The minimum Gasteiger partial charge on any atom is -0.339 e. The second-order valence-corrected chi connectivity index (χ2v) is 13.8. The van der Waals surface area contributed by atoms with Gasteiger partial charge >= 0.3 is 0 Å². The van der Waals surface area contributed by atoms with E-state index in [1.54, 1.807) is 20.8 Å². The standard InChI is InChI=1S/C45H57N3O3/c1-37(49)46(28-16-13-25-40-19-7-4-8-20-40)34-43-31-44(35-47(38(2)50)29-17-14-26-41-21-9-5-10-22-41)33-45(32-43)36-48(39(3)51)30-18-15-27-42-23-11-6-12-24-42/h4-12,19-24,31-33H,13-18,25-30,34-36H2,1-3H3. The lowest BCUT2D eigenvalue weighted by molar-refractivity contribution is -0.130. The quantitative estimate of drug-likeness (QED) is 0.0823. The van der Waals surface area contributed by atoms with E-state index in [2.05, 4.69) is 91.0 Å². The Morgan fingerprint density at radius 3 is 0.863 bits per heavy atom.